The number of nitrogens with one attached hydrogen (secondary N) is 2. The third-order valence-corrected chi connectivity index (χ3v) is 5.03. The Balaban J connectivity index is 0.000000868. The van der Waals surface area contributed by atoms with Gasteiger partial charge in [-0.05, 0) is 37.3 Å². The van der Waals surface area contributed by atoms with Crippen LogP contribution in [0.1, 0.15) is 11.1 Å². The molecule has 2 heterocycles. The molecule has 5 aromatic rings. The fourth-order valence-electron chi connectivity index (χ4n) is 3.55. The van der Waals surface area contributed by atoms with Crippen molar-refractivity contribution in [2.24, 2.45) is 0 Å². The molecule has 2 N–H and O–H groups in total. The molecule has 5 rings (SSSR count). The lowest BCUT2D eigenvalue weighted by Crippen LogP contribution is -2.08. The van der Waals surface area contributed by atoms with Crippen LogP contribution in [-0.4, -0.2) is 26.3 Å². The largest absolute Gasteiger partial charge is 0.417 e. The van der Waals surface area contributed by atoms with E-state index in [1.54, 1.807) is 18.2 Å². The Morgan fingerprint density at radius 1 is 0.882 bits per heavy atom. The SMILES string of the molecule is Cc1ccc2[nH]nc(Nc3nc(-c4ccccc4C(F)(F)F)nc4ccccc34)c2c1.O=C=O. The normalized spacial score (nSPS) is 11.1. The summed E-state index contributed by atoms with van der Waals surface area (Å²) < 4.78 is 40.7. The maximum Gasteiger partial charge on any atom is 0.417 e. The first-order valence-corrected chi connectivity index (χ1v) is 9.96. The van der Waals surface area contributed by atoms with Crippen molar-refractivity contribution in [2.45, 2.75) is 13.1 Å². The van der Waals surface area contributed by atoms with E-state index >= 15 is 0 Å². The number of hydrogen-bond acceptors (Lipinski definition) is 6. The second kappa shape index (κ2) is 9.13. The number of rotatable bonds is 3. The van der Waals surface area contributed by atoms with Crippen LogP contribution in [0, 0.1) is 6.92 Å². The molecule has 0 saturated heterocycles. The lowest BCUT2D eigenvalue weighted by atomic mass is 10.1. The van der Waals surface area contributed by atoms with Crippen LogP contribution in [-0.2, 0) is 15.8 Å². The lowest BCUT2D eigenvalue weighted by molar-refractivity contribution is -0.191. The van der Waals surface area contributed by atoms with Crippen LogP contribution in [0.2, 0.25) is 0 Å². The highest BCUT2D eigenvalue weighted by molar-refractivity contribution is 5.97. The van der Waals surface area contributed by atoms with E-state index in [1.807, 2.05) is 37.3 Å². The zero-order valence-corrected chi connectivity index (χ0v) is 17.6. The van der Waals surface area contributed by atoms with Gasteiger partial charge in [0.05, 0.1) is 16.6 Å². The average molecular weight is 463 g/mol. The molecule has 0 unspecified atom stereocenters. The number of para-hydroxylation sites is 1. The van der Waals surface area contributed by atoms with Crippen LogP contribution < -0.4 is 5.32 Å². The average Bonchev–Trinajstić information content (AvgIpc) is 3.20. The van der Waals surface area contributed by atoms with Gasteiger partial charge in [0.15, 0.2) is 11.6 Å². The van der Waals surface area contributed by atoms with Crippen LogP contribution in [0.4, 0.5) is 24.8 Å². The molecular formula is C24H16F3N5O2. The van der Waals surface area contributed by atoms with E-state index < -0.39 is 11.7 Å². The third kappa shape index (κ3) is 4.48. The molecule has 0 atom stereocenters. The van der Waals surface area contributed by atoms with Gasteiger partial charge in [0.1, 0.15) is 5.82 Å². The molecule has 0 aliphatic heterocycles. The highest BCUT2D eigenvalue weighted by Gasteiger charge is 2.34. The zero-order chi connectivity index (χ0) is 24.3. The summed E-state index contributed by atoms with van der Waals surface area (Å²) in [5.41, 5.74) is 1.57. The summed E-state index contributed by atoms with van der Waals surface area (Å²) in [7, 11) is 0. The van der Waals surface area contributed by atoms with Gasteiger partial charge in [-0.1, -0.05) is 42.0 Å². The van der Waals surface area contributed by atoms with Crippen LogP contribution in [0.5, 0.6) is 0 Å². The van der Waals surface area contributed by atoms with Crippen molar-refractivity contribution in [3.05, 3.63) is 77.9 Å². The predicted octanol–water partition coefficient (Wildman–Crippen LogP) is 5.66. The molecule has 170 valence electrons. The summed E-state index contributed by atoms with van der Waals surface area (Å²) in [6.45, 7) is 1.97. The summed E-state index contributed by atoms with van der Waals surface area (Å²) in [5, 5.41) is 12.0. The molecular weight excluding hydrogens is 447 g/mol. The molecule has 10 heteroatoms. The number of aromatic amines is 1. The topological polar surface area (TPSA) is 101 Å². The van der Waals surface area contributed by atoms with E-state index in [9.17, 15) is 13.2 Å². The second-order valence-electron chi connectivity index (χ2n) is 7.29. The molecule has 7 nitrogen and oxygen atoms in total. The van der Waals surface area contributed by atoms with Crippen molar-refractivity contribution in [2.75, 3.05) is 5.32 Å². The molecule has 0 aliphatic rings. The van der Waals surface area contributed by atoms with Crippen molar-refractivity contribution < 1.29 is 22.8 Å². The Hall–Kier alpha value is -4.56. The maximum absolute atomic E-state index is 13.6. The van der Waals surface area contributed by atoms with Gasteiger partial charge in [-0.15, -0.1) is 0 Å². The molecule has 0 spiro atoms. The number of carbonyl (C=O) groups excluding carboxylic acids is 2. The van der Waals surface area contributed by atoms with Gasteiger partial charge >= 0.3 is 12.3 Å². The first kappa shape index (κ1) is 22.6. The first-order chi connectivity index (χ1) is 16.3. The maximum atomic E-state index is 13.6. The Morgan fingerprint density at radius 2 is 1.59 bits per heavy atom. The smallest absolute Gasteiger partial charge is 0.322 e. The van der Waals surface area contributed by atoms with E-state index in [4.69, 9.17) is 9.59 Å². The lowest BCUT2D eigenvalue weighted by Gasteiger charge is -2.14. The minimum Gasteiger partial charge on any atom is -0.322 e. The standard InChI is InChI=1S/C23H16F3N5.CO2/c1-13-10-11-19-16(12-13)22(31-30-19)29-21-15-7-3-5-9-18(15)27-20(28-21)14-6-2-4-8-17(14)23(24,25)26;2-1-3/h2-12H,1H3,(H2,27,28,29,30,31);. The van der Waals surface area contributed by atoms with Gasteiger partial charge in [0.25, 0.3) is 0 Å². The van der Waals surface area contributed by atoms with E-state index in [-0.39, 0.29) is 17.5 Å². The van der Waals surface area contributed by atoms with E-state index in [2.05, 4.69) is 25.5 Å². The number of benzene rings is 3. The summed E-state index contributed by atoms with van der Waals surface area (Å²) in [6.07, 6.45) is -4.27. The highest BCUT2D eigenvalue weighted by atomic mass is 19.4. The number of alkyl halides is 3. The summed E-state index contributed by atoms with van der Waals surface area (Å²) in [6, 6.07) is 18.3. The van der Waals surface area contributed by atoms with Gasteiger partial charge < -0.3 is 5.32 Å². The summed E-state index contributed by atoms with van der Waals surface area (Å²) in [5.74, 6) is 0.912. The number of nitrogens with zero attached hydrogens (tertiary/aromatic N) is 3. The van der Waals surface area contributed by atoms with Gasteiger partial charge in [-0.25, -0.2) is 9.97 Å². The number of hydrogen-bond donors (Lipinski definition) is 2. The van der Waals surface area contributed by atoms with Gasteiger partial charge in [0, 0.05) is 16.3 Å². The highest BCUT2D eigenvalue weighted by Crippen LogP contribution is 2.37. The van der Waals surface area contributed by atoms with E-state index in [0.29, 0.717) is 22.5 Å². The number of anilines is 2. The van der Waals surface area contributed by atoms with E-state index in [0.717, 1.165) is 22.5 Å². The van der Waals surface area contributed by atoms with Crippen LogP contribution in [0.25, 0.3) is 33.2 Å². The predicted molar refractivity (Wildman–Crippen MR) is 119 cm³/mol. The number of aryl methyl sites for hydroxylation is 1. The fraction of sp³-hybridized carbons (Fsp3) is 0.0833. The van der Waals surface area contributed by atoms with Crippen molar-refractivity contribution in [1.82, 2.24) is 20.2 Å². The molecule has 0 aliphatic carbocycles. The van der Waals surface area contributed by atoms with Crippen molar-refractivity contribution in [3.63, 3.8) is 0 Å². The molecule has 0 bridgehead atoms. The van der Waals surface area contributed by atoms with Gasteiger partial charge in [-0.3, -0.25) is 5.10 Å². The third-order valence-electron chi connectivity index (χ3n) is 5.03. The Bertz CT molecular complexity index is 1520. The van der Waals surface area contributed by atoms with E-state index in [1.165, 1.54) is 12.1 Å². The minimum atomic E-state index is -4.52. The molecule has 34 heavy (non-hydrogen) atoms. The van der Waals surface area contributed by atoms with Gasteiger partial charge in [-0.2, -0.15) is 27.9 Å². The Labute approximate surface area is 190 Å². The first-order valence-electron chi connectivity index (χ1n) is 9.96. The molecule has 0 saturated carbocycles. The Morgan fingerprint density at radius 3 is 2.35 bits per heavy atom. The quantitative estimate of drug-likeness (QED) is 0.358. The van der Waals surface area contributed by atoms with Crippen LogP contribution in [0.3, 0.4) is 0 Å². The summed E-state index contributed by atoms with van der Waals surface area (Å²) in [4.78, 5) is 25.1. The number of halogens is 3. The molecule has 0 radical (unpaired) electrons. The molecule has 0 amide bonds. The number of aromatic nitrogens is 4. The van der Waals surface area contributed by atoms with Crippen molar-refractivity contribution >= 4 is 39.6 Å². The van der Waals surface area contributed by atoms with Crippen molar-refractivity contribution in [3.8, 4) is 11.4 Å². The Kier molecular flexibility index (Phi) is 6.07. The minimum absolute atomic E-state index is 0.00912. The van der Waals surface area contributed by atoms with Crippen molar-refractivity contribution in [1.29, 1.82) is 0 Å². The molecule has 2 aromatic heterocycles. The fourth-order valence-corrected chi connectivity index (χ4v) is 3.55. The monoisotopic (exact) mass is 463 g/mol. The van der Waals surface area contributed by atoms with Crippen LogP contribution in [0.15, 0.2) is 66.7 Å². The number of H-pyrrole nitrogens is 1. The molecule has 3 aromatic carbocycles. The zero-order valence-electron chi connectivity index (χ0n) is 17.6. The number of fused-ring (bicyclic) bond motifs is 2. The van der Waals surface area contributed by atoms with Crippen LogP contribution >= 0.6 is 0 Å². The molecule has 0 fully saturated rings. The summed E-state index contributed by atoms with van der Waals surface area (Å²) >= 11 is 0. The second-order valence-corrected chi connectivity index (χ2v) is 7.29. The van der Waals surface area contributed by atoms with Gasteiger partial charge in [0.2, 0.25) is 0 Å².